The molecule has 0 aliphatic rings. The molecule has 0 radical (unpaired) electrons. The predicted molar refractivity (Wildman–Crippen MR) is 65.6 cm³/mol. The minimum Gasteiger partial charge on any atom is -0.356 e. The van der Waals surface area contributed by atoms with E-state index in [2.05, 4.69) is 22.5 Å². The molecule has 1 N–H and O–H groups in total. The van der Waals surface area contributed by atoms with Crippen LogP contribution in [-0.2, 0) is 13.6 Å². The molecule has 0 spiro atoms. The van der Waals surface area contributed by atoms with E-state index < -0.39 is 0 Å². The molecule has 92 valence electrons. The molecule has 0 atom stereocenters. The van der Waals surface area contributed by atoms with Crippen LogP contribution in [-0.4, -0.2) is 21.5 Å². The zero-order valence-electron chi connectivity index (χ0n) is 10.7. The summed E-state index contributed by atoms with van der Waals surface area (Å²) in [6, 6.07) is 0. The maximum Gasteiger partial charge on any atom is 0.175 e. The lowest BCUT2D eigenvalue weighted by Gasteiger charge is -2.02. The number of aromatic nitrogens is 3. The van der Waals surface area contributed by atoms with Crippen LogP contribution in [0, 0.1) is 13.8 Å². The molecule has 0 aliphatic heterocycles. The van der Waals surface area contributed by atoms with Crippen molar-refractivity contribution in [1.29, 1.82) is 0 Å². The fourth-order valence-electron chi connectivity index (χ4n) is 1.95. The van der Waals surface area contributed by atoms with E-state index in [0.717, 1.165) is 41.4 Å². The van der Waals surface area contributed by atoms with Gasteiger partial charge in [-0.25, -0.2) is 0 Å². The van der Waals surface area contributed by atoms with E-state index in [-0.39, 0.29) is 0 Å². The van der Waals surface area contributed by atoms with Crippen LogP contribution in [0.3, 0.4) is 0 Å². The topological polar surface area (TPSA) is 55.9 Å². The van der Waals surface area contributed by atoms with Gasteiger partial charge in [-0.05, 0) is 20.4 Å². The molecule has 0 saturated carbocycles. The first kappa shape index (κ1) is 11.9. The maximum absolute atomic E-state index is 5.38. The number of aryl methyl sites for hydroxylation is 2. The number of nitrogens with zero attached hydrogens (tertiary/aromatic N) is 3. The first-order chi connectivity index (χ1) is 8.15. The summed E-state index contributed by atoms with van der Waals surface area (Å²) in [6.07, 6.45) is 1.77. The summed E-state index contributed by atoms with van der Waals surface area (Å²) in [5.41, 5.74) is 4.19. The molecule has 0 bridgehead atoms. The molecule has 0 aliphatic carbocycles. The monoisotopic (exact) mass is 234 g/mol. The summed E-state index contributed by atoms with van der Waals surface area (Å²) in [4.78, 5) is 0. The summed E-state index contributed by atoms with van der Waals surface area (Å²) < 4.78 is 7.24. The summed E-state index contributed by atoms with van der Waals surface area (Å²) in [5.74, 6) is 0.828. The lowest BCUT2D eigenvalue weighted by Crippen LogP contribution is -2.11. The van der Waals surface area contributed by atoms with Gasteiger partial charge >= 0.3 is 0 Å². The highest BCUT2D eigenvalue weighted by Gasteiger charge is 2.18. The second-order valence-electron chi connectivity index (χ2n) is 4.13. The SMILES string of the molecule is CCNCc1cnoc1-c1c(C)nn(C)c1C. The van der Waals surface area contributed by atoms with Crippen LogP contribution < -0.4 is 5.32 Å². The molecular weight excluding hydrogens is 216 g/mol. The van der Waals surface area contributed by atoms with Gasteiger partial charge in [0.15, 0.2) is 5.76 Å². The largest absolute Gasteiger partial charge is 0.356 e. The fraction of sp³-hybridized carbons (Fsp3) is 0.500. The highest BCUT2D eigenvalue weighted by atomic mass is 16.5. The van der Waals surface area contributed by atoms with E-state index in [1.165, 1.54) is 0 Å². The van der Waals surface area contributed by atoms with Gasteiger partial charge in [-0.3, -0.25) is 4.68 Å². The Kier molecular flexibility index (Phi) is 3.28. The normalized spacial score (nSPS) is 11.1. The predicted octanol–water partition coefficient (Wildman–Crippen LogP) is 1.80. The van der Waals surface area contributed by atoms with E-state index in [1.54, 1.807) is 6.20 Å². The Hall–Kier alpha value is -1.62. The van der Waals surface area contributed by atoms with Crippen LogP contribution in [0.25, 0.3) is 11.3 Å². The van der Waals surface area contributed by atoms with Gasteiger partial charge in [-0.1, -0.05) is 12.1 Å². The Morgan fingerprint density at radius 3 is 2.76 bits per heavy atom. The van der Waals surface area contributed by atoms with Crippen molar-refractivity contribution in [2.45, 2.75) is 27.3 Å². The van der Waals surface area contributed by atoms with Crippen LogP contribution >= 0.6 is 0 Å². The van der Waals surface area contributed by atoms with Gasteiger partial charge in [-0.15, -0.1) is 0 Å². The van der Waals surface area contributed by atoms with Crippen molar-refractivity contribution in [3.8, 4) is 11.3 Å². The van der Waals surface area contributed by atoms with Gasteiger partial charge < -0.3 is 9.84 Å². The molecule has 5 heteroatoms. The van der Waals surface area contributed by atoms with Gasteiger partial charge in [0.2, 0.25) is 0 Å². The van der Waals surface area contributed by atoms with E-state index in [1.807, 2.05) is 25.6 Å². The van der Waals surface area contributed by atoms with Crippen LogP contribution in [0.2, 0.25) is 0 Å². The first-order valence-corrected chi connectivity index (χ1v) is 5.80. The molecule has 5 nitrogen and oxygen atoms in total. The van der Waals surface area contributed by atoms with Crippen molar-refractivity contribution in [2.24, 2.45) is 7.05 Å². The number of nitrogens with one attached hydrogen (secondary N) is 1. The van der Waals surface area contributed by atoms with Crippen LogP contribution in [0.15, 0.2) is 10.7 Å². The van der Waals surface area contributed by atoms with Gasteiger partial charge in [-0.2, -0.15) is 5.10 Å². The molecule has 0 unspecified atom stereocenters. The van der Waals surface area contributed by atoms with Crippen molar-refractivity contribution >= 4 is 0 Å². The van der Waals surface area contributed by atoms with E-state index in [4.69, 9.17) is 4.52 Å². The molecule has 2 heterocycles. The molecule has 17 heavy (non-hydrogen) atoms. The van der Waals surface area contributed by atoms with E-state index >= 15 is 0 Å². The molecule has 2 aromatic heterocycles. The molecule has 0 aromatic carbocycles. The second kappa shape index (κ2) is 4.71. The third-order valence-corrected chi connectivity index (χ3v) is 2.95. The molecular formula is C12H18N4O. The third-order valence-electron chi connectivity index (χ3n) is 2.95. The Balaban J connectivity index is 2.42. The molecule has 0 amide bonds. The zero-order chi connectivity index (χ0) is 12.4. The third kappa shape index (κ3) is 2.10. The summed E-state index contributed by atoms with van der Waals surface area (Å²) >= 11 is 0. The minimum atomic E-state index is 0.767. The lowest BCUT2D eigenvalue weighted by atomic mass is 10.1. The van der Waals surface area contributed by atoms with Gasteiger partial charge in [0.25, 0.3) is 0 Å². The molecule has 2 aromatic rings. The molecule has 2 rings (SSSR count). The number of rotatable bonds is 4. The highest BCUT2D eigenvalue weighted by Crippen LogP contribution is 2.29. The number of hydrogen-bond donors (Lipinski definition) is 1. The maximum atomic E-state index is 5.38. The average Bonchev–Trinajstić information content (AvgIpc) is 2.82. The zero-order valence-corrected chi connectivity index (χ0v) is 10.7. The van der Waals surface area contributed by atoms with Crippen molar-refractivity contribution in [1.82, 2.24) is 20.3 Å². The van der Waals surface area contributed by atoms with Gasteiger partial charge in [0, 0.05) is 24.8 Å². The van der Waals surface area contributed by atoms with Gasteiger partial charge in [0.1, 0.15) is 0 Å². The Labute approximate surface area is 101 Å². The fourth-order valence-corrected chi connectivity index (χ4v) is 1.95. The van der Waals surface area contributed by atoms with Crippen molar-refractivity contribution < 1.29 is 4.52 Å². The average molecular weight is 234 g/mol. The van der Waals surface area contributed by atoms with Crippen LogP contribution in [0.4, 0.5) is 0 Å². The number of hydrogen-bond acceptors (Lipinski definition) is 4. The van der Waals surface area contributed by atoms with E-state index in [0.29, 0.717) is 0 Å². The smallest absolute Gasteiger partial charge is 0.175 e. The molecule has 0 fully saturated rings. The Bertz CT molecular complexity index is 513. The summed E-state index contributed by atoms with van der Waals surface area (Å²) in [5, 5.41) is 11.6. The van der Waals surface area contributed by atoms with Gasteiger partial charge in [0.05, 0.1) is 17.5 Å². The Morgan fingerprint density at radius 2 is 2.18 bits per heavy atom. The standard InChI is InChI=1S/C12H18N4O/c1-5-13-6-10-7-14-17-12(10)11-8(2)15-16(4)9(11)3/h7,13H,5-6H2,1-4H3. The lowest BCUT2D eigenvalue weighted by molar-refractivity contribution is 0.431. The minimum absolute atomic E-state index is 0.767. The Morgan fingerprint density at radius 1 is 1.41 bits per heavy atom. The van der Waals surface area contributed by atoms with Crippen LogP contribution in [0.5, 0.6) is 0 Å². The molecule has 0 saturated heterocycles. The first-order valence-electron chi connectivity index (χ1n) is 5.80. The second-order valence-corrected chi connectivity index (χ2v) is 4.13. The quantitative estimate of drug-likeness (QED) is 0.876. The van der Waals surface area contributed by atoms with Crippen LogP contribution in [0.1, 0.15) is 23.9 Å². The van der Waals surface area contributed by atoms with Crippen molar-refractivity contribution in [3.05, 3.63) is 23.1 Å². The summed E-state index contributed by atoms with van der Waals surface area (Å²) in [7, 11) is 1.94. The highest BCUT2D eigenvalue weighted by molar-refractivity contribution is 5.66. The van der Waals surface area contributed by atoms with E-state index in [9.17, 15) is 0 Å². The van der Waals surface area contributed by atoms with Crippen molar-refractivity contribution in [2.75, 3.05) is 6.54 Å². The van der Waals surface area contributed by atoms with Crippen molar-refractivity contribution in [3.63, 3.8) is 0 Å². The summed E-state index contributed by atoms with van der Waals surface area (Å²) in [6.45, 7) is 7.79.